The Bertz CT molecular complexity index is 1220. The van der Waals surface area contributed by atoms with Crippen molar-refractivity contribution in [1.82, 2.24) is 5.01 Å². The van der Waals surface area contributed by atoms with E-state index in [2.05, 4.69) is 18.2 Å². The van der Waals surface area contributed by atoms with Gasteiger partial charge >= 0.3 is 0 Å². The normalized spacial score (nSPS) is 18.2. The molecule has 0 saturated heterocycles. The fourth-order valence-corrected chi connectivity index (χ4v) is 4.66. The maximum atomic E-state index is 6.60. The zero-order chi connectivity index (χ0) is 24.4. The summed E-state index contributed by atoms with van der Waals surface area (Å²) in [6.07, 6.45) is 0.304. The molecule has 0 spiro atoms. The van der Waals surface area contributed by atoms with Crippen molar-refractivity contribution in [2.75, 3.05) is 27.4 Å². The van der Waals surface area contributed by atoms with E-state index in [4.69, 9.17) is 28.8 Å². The van der Waals surface area contributed by atoms with Crippen LogP contribution in [0.1, 0.15) is 49.2 Å². The molecule has 5 rings (SSSR count). The van der Waals surface area contributed by atoms with Gasteiger partial charge in [-0.05, 0) is 67.9 Å². The van der Waals surface area contributed by atoms with Crippen molar-refractivity contribution in [2.24, 2.45) is 5.10 Å². The Morgan fingerprint density at radius 3 is 2.37 bits per heavy atom. The Hall–Kier alpha value is -3.87. The minimum Gasteiger partial charge on any atom is -0.494 e. The van der Waals surface area contributed by atoms with Gasteiger partial charge in [0.15, 0.2) is 23.0 Å². The van der Waals surface area contributed by atoms with Crippen LogP contribution < -0.4 is 23.7 Å². The number of hydrazone groups is 1. The van der Waals surface area contributed by atoms with Crippen LogP contribution in [0.25, 0.3) is 0 Å². The first kappa shape index (κ1) is 22.9. The average molecular weight is 475 g/mol. The van der Waals surface area contributed by atoms with Gasteiger partial charge < -0.3 is 23.7 Å². The van der Waals surface area contributed by atoms with Crippen molar-refractivity contribution in [3.05, 3.63) is 77.4 Å². The van der Waals surface area contributed by atoms with E-state index >= 15 is 0 Å². The molecule has 0 aromatic heterocycles. The molecule has 182 valence electrons. The summed E-state index contributed by atoms with van der Waals surface area (Å²) in [6.45, 7) is 5.15. The molecule has 0 fully saturated rings. The molecule has 35 heavy (non-hydrogen) atoms. The van der Waals surface area contributed by atoms with Gasteiger partial charge in [-0.15, -0.1) is 0 Å². The maximum Gasteiger partial charge on any atom is 0.214 e. The van der Waals surface area contributed by atoms with Crippen molar-refractivity contribution < 1.29 is 23.7 Å². The summed E-state index contributed by atoms with van der Waals surface area (Å²) in [5.41, 5.74) is 4.05. The third-order valence-electron chi connectivity index (χ3n) is 6.27. The smallest absolute Gasteiger partial charge is 0.214 e. The molecule has 0 unspecified atom stereocenters. The largest absolute Gasteiger partial charge is 0.494 e. The topological polar surface area (TPSA) is 61.8 Å². The summed E-state index contributed by atoms with van der Waals surface area (Å²) in [7, 11) is 3.26. The van der Waals surface area contributed by atoms with Crippen LogP contribution in [0, 0.1) is 0 Å². The number of fused-ring (bicyclic) bond motifs is 3. The van der Waals surface area contributed by atoms with Crippen molar-refractivity contribution in [3.8, 4) is 28.7 Å². The fourth-order valence-electron chi connectivity index (χ4n) is 4.66. The van der Waals surface area contributed by atoms with E-state index in [0.29, 0.717) is 24.7 Å². The zero-order valence-corrected chi connectivity index (χ0v) is 20.5. The van der Waals surface area contributed by atoms with Gasteiger partial charge in [0.05, 0.1) is 39.2 Å². The predicted octanol–water partition coefficient (Wildman–Crippen LogP) is 5.74. The van der Waals surface area contributed by atoms with Crippen LogP contribution in [-0.4, -0.2) is 38.2 Å². The highest BCUT2D eigenvalue weighted by Gasteiger charge is 2.42. The van der Waals surface area contributed by atoms with Gasteiger partial charge in [-0.1, -0.05) is 12.1 Å². The van der Waals surface area contributed by atoms with Crippen LogP contribution in [-0.2, 0) is 0 Å². The van der Waals surface area contributed by atoms with Crippen LogP contribution in [0.4, 0.5) is 0 Å². The average Bonchev–Trinajstić information content (AvgIpc) is 3.35. The molecule has 7 nitrogen and oxygen atoms in total. The molecule has 0 N–H and O–H groups in total. The lowest BCUT2D eigenvalue weighted by atomic mass is 9.95. The quantitative estimate of drug-likeness (QED) is 0.415. The molecule has 0 aliphatic carbocycles. The Morgan fingerprint density at radius 2 is 1.66 bits per heavy atom. The molecule has 2 heterocycles. The lowest BCUT2D eigenvalue weighted by molar-refractivity contribution is -0.0213. The van der Waals surface area contributed by atoms with Gasteiger partial charge in [0.1, 0.15) is 5.75 Å². The van der Waals surface area contributed by atoms with Crippen molar-refractivity contribution in [3.63, 3.8) is 0 Å². The van der Waals surface area contributed by atoms with Crippen molar-refractivity contribution in [2.45, 2.75) is 32.5 Å². The second-order valence-electron chi connectivity index (χ2n) is 8.30. The molecule has 3 aromatic carbocycles. The van der Waals surface area contributed by atoms with Gasteiger partial charge in [-0.2, -0.15) is 5.10 Å². The van der Waals surface area contributed by atoms with Gasteiger partial charge in [0, 0.05) is 17.5 Å². The highest BCUT2D eigenvalue weighted by atomic mass is 16.5. The molecular weight excluding hydrogens is 444 g/mol. The van der Waals surface area contributed by atoms with Crippen LogP contribution in [0.15, 0.2) is 65.8 Å². The van der Waals surface area contributed by atoms with Gasteiger partial charge in [-0.25, -0.2) is 5.01 Å². The van der Waals surface area contributed by atoms with E-state index in [1.807, 2.05) is 61.3 Å². The molecule has 0 radical (unpaired) electrons. The minimum atomic E-state index is -0.450. The third kappa shape index (κ3) is 4.22. The number of ether oxygens (including phenoxy) is 5. The summed E-state index contributed by atoms with van der Waals surface area (Å²) in [4.78, 5) is 0. The maximum absolute atomic E-state index is 6.60. The first-order valence-electron chi connectivity index (χ1n) is 11.9. The second-order valence-corrected chi connectivity index (χ2v) is 8.30. The Morgan fingerprint density at radius 1 is 0.886 bits per heavy atom. The summed E-state index contributed by atoms with van der Waals surface area (Å²) < 4.78 is 29.1. The van der Waals surface area contributed by atoms with Crippen molar-refractivity contribution >= 4 is 5.71 Å². The SMILES string of the molecule is CCOc1ccc(C2=NN3[C@H](C2)c2cccc(OCC)c2O[C@@H]3c2ccc(OC)c(OC)c2)cc1. The monoisotopic (exact) mass is 474 g/mol. The predicted molar refractivity (Wildman–Crippen MR) is 134 cm³/mol. The van der Waals surface area contributed by atoms with Crippen molar-refractivity contribution in [1.29, 1.82) is 0 Å². The Kier molecular flexibility index (Phi) is 6.40. The van der Waals surface area contributed by atoms with Crippen LogP contribution in [0.2, 0.25) is 0 Å². The van der Waals surface area contributed by atoms with Crippen LogP contribution in [0.5, 0.6) is 28.7 Å². The standard InChI is InChI=1S/C28H30N2O5/c1-5-33-20-13-10-18(11-14-20)22-17-23-21-8-7-9-25(34-6-2)27(21)35-28(30(23)29-22)19-12-15-24(31-3)26(16-19)32-4/h7-16,23,28H,5-6,17H2,1-4H3/t23-,28-/m1/s1. The van der Waals surface area contributed by atoms with E-state index in [-0.39, 0.29) is 6.04 Å². The first-order valence-corrected chi connectivity index (χ1v) is 11.9. The molecular formula is C28H30N2O5. The minimum absolute atomic E-state index is 0.0128. The first-order chi connectivity index (χ1) is 17.2. The third-order valence-corrected chi connectivity index (χ3v) is 6.27. The molecule has 2 aliphatic rings. The number of methoxy groups -OCH3 is 2. The highest BCUT2D eigenvalue weighted by molar-refractivity contribution is 6.02. The van der Waals surface area contributed by atoms with Gasteiger partial charge in [0.25, 0.3) is 0 Å². The number of hydrogen-bond acceptors (Lipinski definition) is 7. The van der Waals surface area contributed by atoms with E-state index in [1.54, 1.807) is 14.2 Å². The Labute approximate surface area is 205 Å². The molecule has 2 atom stereocenters. The van der Waals surface area contributed by atoms with E-state index < -0.39 is 6.23 Å². The lowest BCUT2D eigenvalue weighted by Gasteiger charge is -2.38. The summed E-state index contributed by atoms with van der Waals surface area (Å²) >= 11 is 0. The molecule has 3 aromatic rings. The molecule has 0 bridgehead atoms. The molecule has 0 saturated carbocycles. The molecule has 2 aliphatic heterocycles. The number of para-hydroxylation sites is 1. The number of benzene rings is 3. The summed E-state index contributed by atoms with van der Waals surface area (Å²) in [6, 6.07) is 20.0. The van der Waals surface area contributed by atoms with Crippen LogP contribution in [0.3, 0.4) is 0 Å². The highest BCUT2D eigenvalue weighted by Crippen LogP contribution is 2.51. The van der Waals surface area contributed by atoms with E-state index in [9.17, 15) is 0 Å². The lowest BCUT2D eigenvalue weighted by Crippen LogP contribution is -2.34. The number of rotatable bonds is 8. The molecule has 0 amide bonds. The molecule has 7 heteroatoms. The zero-order valence-electron chi connectivity index (χ0n) is 20.5. The summed E-state index contributed by atoms with van der Waals surface area (Å²) in [5, 5.41) is 7.10. The van der Waals surface area contributed by atoms with Crippen LogP contribution >= 0.6 is 0 Å². The number of nitrogens with zero attached hydrogens (tertiary/aromatic N) is 2. The second kappa shape index (κ2) is 9.78. The fraction of sp³-hybridized carbons (Fsp3) is 0.321. The summed E-state index contributed by atoms with van der Waals surface area (Å²) in [5.74, 6) is 3.66. The van der Waals surface area contributed by atoms with E-state index in [1.165, 1.54) is 0 Å². The van der Waals surface area contributed by atoms with Gasteiger partial charge in [-0.3, -0.25) is 0 Å². The van der Waals surface area contributed by atoms with E-state index in [0.717, 1.165) is 46.1 Å². The van der Waals surface area contributed by atoms with Gasteiger partial charge in [0.2, 0.25) is 6.23 Å². The Balaban J connectivity index is 1.57. The number of hydrogen-bond donors (Lipinski definition) is 0.